The van der Waals surface area contributed by atoms with Gasteiger partial charge in [-0.3, -0.25) is 9.71 Å². The Hall–Kier alpha value is -1.63. The van der Waals surface area contributed by atoms with Crippen molar-refractivity contribution in [2.45, 2.75) is 19.1 Å². The minimum absolute atomic E-state index is 0.0244. The second kappa shape index (κ2) is 4.48. The molecule has 0 saturated heterocycles. The zero-order valence-corrected chi connectivity index (χ0v) is 9.65. The van der Waals surface area contributed by atoms with Gasteiger partial charge in [-0.2, -0.15) is 0 Å². The molecule has 7 heteroatoms. The van der Waals surface area contributed by atoms with Crippen LogP contribution in [0.3, 0.4) is 0 Å². The Kier molecular flexibility index (Phi) is 3.48. The molecule has 0 fully saturated rings. The number of anilines is 1. The van der Waals surface area contributed by atoms with Crippen molar-refractivity contribution in [2.75, 3.05) is 4.72 Å². The molecule has 0 saturated carbocycles. The van der Waals surface area contributed by atoms with Gasteiger partial charge in [-0.1, -0.05) is 0 Å². The summed E-state index contributed by atoms with van der Waals surface area (Å²) >= 11 is 0. The molecule has 16 heavy (non-hydrogen) atoms. The number of carboxylic acids is 1. The van der Waals surface area contributed by atoms with Crippen LogP contribution in [0.2, 0.25) is 0 Å². The summed E-state index contributed by atoms with van der Waals surface area (Å²) in [5.74, 6) is -1.20. The van der Waals surface area contributed by atoms with E-state index < -0.39 is 21.2 Å². The maximum atomic E-state index is 11.5. The number of pyridine rings is 1. The van der Waals surface area contributed by atoms with Gasteiger partial charge in [0, 0.05) is 6.20 Å². The normalized spacial score (nSPS) is 11.4. The molecule has 0 radical (unpaired) electrons. The first-order valence-electron chi connectivity index (χ1n) is 4.53. The molecule has 0 unspecified atom stereocenters. The van der Waals surface area contributed by atoms with Crippen LogP contribution in [0.15, 0.2) is 18.5 Å². The van der Waals surface area contributed by atoms with Crippen LogP contribution in [0.4, 0.5) is 5.69 Å². The first-order chi connectivity index (χ1) is 7.34. The molecular weight excluding hydrogens is 232 g/mol. The van der Waals surface area contributed by atoms with E-state index in [0.29, 0.717) is 0 Å². The van der Waals surface area contributed by atoms with Crippen LogP contribution < -0.4 is 4.72 Å². The summed E-state index contributed by atoms with van der Waals surface area (Å²) in [6.07, 6.45) is 2.46. The van der Waals surface area contributed by atoms with Crippen molar-refractivity contribution in [1.29, 1.82) is 0 Å². The molecule has 88 valence electrons. The Labute approximate surface area is 93.4 Å². The summed E-state index contributed by atoms with van der Waals surface area (Å²) in [5, 5.41) is 8.19. The second-order valence-corrected chi connectivity index (χ2v) is 5.66. The maximum Gasteiger partial charge on any atom is 0.337 e. The van der Waals surface area contributed by atoms with Gasteiger partial charge in [-0.25, -0.2) is 13.2 Å². The molecule has 0 bridgehead atoms. The van der Waals surface area contributed by atoms with Gasteiger partial charge < -0.3 is 5.11 Å². The van der Waals surface area contributed by atoms with E-state index in [1.54, 1.807) is 0 Å². The van der Waals surface area contributed by atoms with Crippen molar-refractivity contribution in [2.24, 2.45) is 0 Å². The van der Waals surface area contributed by atoms with E-state index in [1.165, 1.54) is 32.3 Å². The average Bonchev–Trinajstić information content (AvgIpc) is 2.17. The topological polar surface area (TPSA) is 96.4 Å². The maximum absolute atomic E-state index is 11.5. The molecule has 1 aromatic rings. The third-order valence-corrected chi connectivity index (χ3v) is 3.67. The van der Waals surface area contributed by atoms with Crippen molar-refractivity contribution in [3.63, 3.8) is 0 Å². The summed E-state index contributed by atoms with van der Waals surface area (Å²) < 4.78 is 25.3. The molecule has 0 atom stereocenters. The lowest BCUT2D eigenvalue weighted by molar-refractivity contribution is 0.0698. The van der Waals surface area contributed by atoms with Gasteiger partial charge in [0.05, 0.1) is 22.7 Å². The van der Waals surface area contributed by atoms with Crippen molar-refractivity contribution in [3.05, 3.63) is 24.0 Å². The lowest BCUT2D eigenvalue weighted by Gasteiger charge is -2.11. The highest BCUT2D eigenvalue weighted by molar-refractivity contribution is 7.93. The van der Waals surface area contributed by atoms with E-state index in [2.05, 4.69) is 9.71 Å². The minimum Gasteiger partial charge on any atom is -0.478 e. The van der Waals surface area contributed by atoms with Crippen molar-refractivity contribution in [1.82, 2.24) is 4.98 Å². The molecule has 6 nitrogen and oxygen atoms in total. The first-order valence-corrected chi connectivity index (χ1v) is 6.08. The van der Waals surface area contributed by atoms with E-state index >= 15 is 0 Å². The number of hydrogen-bond acceptors (Lipinski definition) is 4. The van der Waals surface area contributed by atoms with Crippen LogP contribution in [0.25, 0.3) is 0 Å². The van der Waals surface area contributed by atoms with E-state index in [4.69, 9.17) is 5.11 Å². The van der Waals surface area contributed by atoms with Crippen LogP contribution in [0.5, 0.6) is 0 Å². The van der Waals surface area contributed by atoms with Gasteiger partial charge in [0.25, 0.3) is 0 Å². The van der Waals surface area contributed by atoms with Gasteiger partial charge in [0.2, 0.25) is 10.0 Å². The largest absolute Gasteiger partial charge is 0.478 e. The van der Waals surface area contributed by atoms with Gasteiger partial charge in [-0.15, -0.1) is 0 Å². The molecule has 0 aromatic carbocycles. The van der Waals surface area contributed by atoms with Crippen molar-refractivity contribution >= 4 is 21.7 Å². The van der Waals surface area contributed by atoms with Gasteiger partial charge in [0.1, 0.15) is 0 Å². The Morgan fingerprint density at radius 3 is 2.62 bits per heavy atom. The zero-order valence-electron chi connectivity index (χ0n) is 8.84. The zero-order chi connectivity index (χ0) is 12.3. The highest BCUT2D eigenvalue weighted by atomic mass is 32.2. The number of nitrogens with zero attached hydrogens (tertiary/aromatic N) is 1. The molecule has 0 aliphatic carbocycles. The highest BCUT2D eigenvalue weighted by Crippen LogP contribution is 2.16. The number of carbonyl (C=O) groups is 1. The SMILES string of the molecule is CC(C)S(=O)(=O)Nc1cnccc1C(=O)O. The van der Waals surface area contributed by atoms with Crippen LogP contribution in [0, 0.1) is 0 Å². The van der Waals surface area contributed by atoms with Crippen molar-refractivity contribution in [3.8, 4) is 0 Å². The lowest BCUT2D eigenvalue weighted by Crippen LogP contribution is -2.23. The van der Waals surface area contributed by atoms with E-state index in [-0.39, 0.29) is 11.3 Å². The highest BCUT2D eigenvalue weighted by Gasteiger charge is 2.19. The molecule has 1 heterocycles. The molecule has 1 rings (SSSR count). The quantitative estimate of drug-likeness (QED) is 0.821. The van der Waals surface area contributed by atoms with Crippen molar-refractivity contribution < 1.29 is 18.3 Å². The summed E-state index contributed by atoms with van der Waals surface area (Å²) in [6, 6.07) is 1.24. The fourth-order valence-corrected chi connectivity index (χ4v) is 1.64. The molecule has 0 spiro atoms. The number of aromatic carboxylic acids is 1. The van der Waals surface area contributed by atoms with Gasteiger partial charge in [-0.05, 0) is 19.9 Å². The smallest absolute Gasteiger partial charge is 0.337 e. The first kappa shape index (κ1) is 12.4. The molecule has 0 amide bonds. The fraction of sp³-hybridized carbons (Fsp3) is 0.333. The minimum atomic E-state index is -3.56. The van der Waals surface area contributed by atoms with Crippen LogP contribution in [-0.2, 0) is 10.0 Å². The standard InChI is InChI=1S/C9H12N2O4S/c1-6(2)16(14,15)11-8-5-10-4-3-7(8)9(12)13/h3-6,11H,1-2H3,(H,12,13). The third-order valence-electron chi connectivity index (χ3n) is 1.92. The summed E-state index contributed by atoms with van der Waals surface area (Å²) in [5.41, 5.74) is -0.150. The molecule has 0 aliphatic heterocycles. The Morgan fingerprint density at radius 1 is 1.50 bits per heavy atom. The van der Waals surface area contributed by atoms with Gasteiger partial charge in [0.15, 0.2) is 0 Å². The average molecular weight is 244 g/mol. The fourth-order valence-electron chi connectivity index (χ4n) is 0.933. The van der Waals surface area contributed by atoms with Crippen LogP contribution >= 0.6 is 0 Å². The van der Waals surface area contributed by atoms with E-state index in [9.17, 15) is 13.2 Å². The predicted octanol–water partition coefficient (Wildman–Crippen LogP) is 0.930. The summed E-state index contributed by atoms with van der Waals surface area (Å²) in [6.45, 7) is 3.00. The third kappa shape index (κ3) is 2.69. The number of aromatic nitrogens is 1. The number of sulfonamides is 1. The number of rotatable bonds is 4. The monoisotopic (exact) mass is 244 g/mol. The summed E-state index contributed by atoms with van der Waals surface area (Å²) in [4.78, 5) is 14.5. The lowest BCUT2D eigenvalue weighted by atomic mass is 10.2. The van der Waals surface area contributed by atoms with Crippen LogP contribution in [0.1, 0.15) is 24.2 Å². The van der Waals surface area contributed by atoms with E-state index in [1.807, 2.05) is 0 Å². The number of carboxylic acid groups (broad SMARTS) is 1. The Morgan fingerprint density at radius 2 is 2.12 bits per heavy atom. The molecular formula is C9H12N2O4S. The number of hydrogen-bond donors (Lipinski definition) is 2. The summed E-state index contributed by atoms with van der Waals surface area (Å²) in [7, 11) is -3.56. The predicted molar refractivity (Wildman–Crippen MR) is 58.9 cm³/mol. The Bertz CT molecular complexity index is 496. The number of nitrogens with one attached hydrogen (secondary N) is 1. The Balaban J connectivity index is 3.12. The molecule has 0 aliphatic rings. The second-order valence-electron chi connectivity index (χ2n) is 3.42. The van der Waals surface area contributed by atoms with E-state index in [0.717, 1.165) is 0 Å². The van der Waals surface area contributed by atoms with Gasteiger partial charge >= 0.3 is 5.97 Å². The van der Waals surface area contributed by atoms with Crippen LogP contribution in [-0.4, -0.2) is 29.7 Å². The molecule has 1 aromatic heterocycles. The molecule has 2 N–H and O–H groups in total.